The molecular weight excluding hydrogens is 228 g/mol. The highest BCUT2D eigenvalue weighted by atomic mass is 16.3. The van der Waals surface area contributed by atoms with Crippen molar-refractivity contribution < 1.29 is 5.11 Å². The van der Waals surface area contributed by atoms with Crippen molar-refractivity contribution in [2.24, 2.45) is 5.92 Å². The van der Waals surface area contributed by atoms with Gasteiger partial charge >= 0.3 is 0 Å². The first kappa shape index (κ1) is 11.5. The summed E-state index contributed by atoms with van der Waals surface area (Å²) in [6.45, 7) is 2.31. The van der Waals surface area contributed by atoms with Crippen LogP contribution in [0.3, 0.4) is 0 Å². The molecule has 0 aromatic carbocycles. The minimum absolute atomic E-state index is 0.254. The Balaban J connectivity index is 1.83. The summed E-state index contributed by atoms with van der Waals surface area (Å²) in [6, 6.07) is 3.43. The summed E-state index contributed by atoms with van der Waals surface area (Å²) in [6.07, 6.45) is 5.12. The molecule has 5 nitrogen and oxygen atoms in total. The Morgan fingerprint density at radius 2 is 2.28 bits per heavy atom. The van der Waals surface area contributed by atoms with Gasteiger partial charge in [0.05, 0.1) is 6.20 Å². The molecule has 96 valence electrons. The fraction of sp³-hybridized carbons (Fsp3) is 0.538. The van der Waals surface area contributed by atoms with E-state index in [1.54, 1.807) is 18.3 Å². The Morgan fingerprint density at radius 1 is 1.39 bits per heavy atom. The Hall–Kier alpha value is -1.62. The van der Waals surface area contributed by atoms with Crippen LogP contribution in [0.2, 0.25) is 0 Å². The summed E-state index contributed by atoms with van der Waals surface area (Å²) in [5.74, 6) is 1.84. The topological polar surface area (TPSA) is 53.7 Å². The van der Waals surface area contributed by atoms with Gasteiger partial charge in [0.1, 0.15) is 11.6 Å². The van der Waals surface area contributed by atoms with E-state index in [1.807, 2.05) is 4.40 Å². The van der Waals surface area contributed by atoms with Crippen molar-refractivity contribution in [3.63, 3.8) is 0 Å². The van der Waals surface area contributed by atoms with E-state index in [9.17, 15) is 5.11 Å². The van der Waals surface area contributed by atoms with Gasteiger partial charge in [-0.25, -0.2) is 0 Å². The summed E-state index contributed by atoms with van der Waals surface area (Å²) in [5, 5.41) is 17.9. The van der Waals surface area contributed by atoms with Gasteiger partial charge in [-0.05, 0) is 44.5 Å². The van der Waals surface area contributed by atoms with Gasteiger partial charge in [-0.15, -0.1) is 10.2 Å². The zero-order valence-corrected chi connectivity index (χ0v) is 10.6. The van der Waals surface area contributed by atoms with Crippen LogP contribution in [0, 0.1) is 5.92 Å². The van der Waals surface area contributed by atoms with Crippen LogP contribution in [0.15, 0.2) is 18.3 Å². The maximum Gasteiger partial charge on any atom is 0.161 e. The van der Waals surface area contributed by atoms with Crippen LogP contribution in [0.1, 0.15) is 18.7 Å². The van der Waals surface area contributed by atoms with Gasteiger partial charge in [0.2, 0.25) is 0 Å². The molecule has 3 rings (SSSR count). The van der Waals surface area contributed by atoms with Gasteiger partial charge in [-0.1, -0.05) is 0 Å². The lowest BCUT2D eigenvalue weighted by molar-refractivity contribution is 0.207. The predicted octanol–water partition coefficient (Wildman–Crippen LogP) is 1.32. The van der Waals surface area contributed by atoms with E-state index in [0.717, 1.165) is 24.4 Å². The van der Waals surface area contributed by atoms with Crippen LogP contribution in [-0.2, 0) is 6.42 Å². The molecule has 1 aliphatic rings. The van der Waals surface area contributed by atoms with E-state index >= 15 is 0 Å². The minimum Gasteiger partial charge on any atom is -0.506 e. The third-order valence-corrected chi connectivity index (χ3v) is 3.65. The van der Waals surface area contributed by atoms with E-state index in [1.165, 1.54) is 19.4 Å². The van der Waals surface area contributed by atoms with Crippen molar-refractivity contribution in [2.75, 3.05) is 20.1 Å². The van der Waals surface area contributed by atoms with E-state index in [0.29, 0.717) is 5.92 Å². The molecule has 18 heavy (non-hydrogen) atoms. The monoisotopic (exact) mass is 246 g/mol. The van der Waals surface area contributed by atoms with E-state index in [2.05, 4.69) is 22.1 Å². The van der Waals surface area contributed by atoms with Crippen molar-refractivity contribution in [2.45, 2.75) is 19.3 Å². The van der Waals surface area contributed by atoms with Crippen LogP contribution in [0.25, 0.3) is 5.65 Å². The van der Waals surface area contributed by atoms with E-state index in [-0.39, 0.29) is 5.75 Å². The van der Waals surface area contributed by atoms with Crippen molar-refractivity contribution in [1.82, 2.24) is 19.5 Å². The molecule has 2 aromatic heterocycles. The average Bonchev–Trinajstić information content (AvgIpc) is 2.72. The number of nitrogens with zero attached hydrogens (tertiary/aromatic N) is 4. The molecule has 0 aliphatic carbocycles. The number of piperidine rings is 1. The third kappa shape index (κ3) is 2.18. The van der Waals surface area contributed by atoms with Crippen molar-refractivity contribution in [1.29, 1.82) is 0 Å². The molecule has 1 atom stereocenters. The number of hydrogen-bond acceptors (Lipinski definition) is 4. The predicted molar refractivity (Wildman–Crippen MR) is 68.6 cm³/mol. The van der Waals surface area contributed by atoms with Gasteiger partial charge in [-0.3, -0.25) is 4.40 Å². The normalized spacial score (nSPS) is 21.5. The molecule has 1 aliphatic heterocycles. The average molecular weight is 246 g/mol. The van der Waals surface area contributed by atoms with E-state index < -0.39 is 0 Å². The number of aromatic hydroxyl groups is 1. The highest BCUT2D eigenvalue weighted by Gasteiger charge is 2.19. The minimum atomic E-state index is 0.254. The maximum absolute atomic E-state index is 9.54. The molecule has 0 bridgehead atoms. The quantitative estimate of drug-likeness (QED) is 0.868. The summed E-state index contributed by atoms with van der Waals surface area (Å²) >= 11 is 0. The highest BCUT2D eigenvalue weighted by Crippen LogP contribution is 2.20. The molecule has 2 aromatic rings. The molecule has 0 saturated carbocycles. The van der Waals surface area contributed by atoms with Crippen molar-refractivity contribution in [3.05, 3.63) is 24.2 Å². The second-order valence-electron chi connectivity index (χ2n) is 5.21. The van der Waals surface area contributed by atoms with Gasteiger partial charge in [-0.2, -0.15) is 0 Å². The summed E-state index contributed by atoms with van der Waals surface area (Å²) in [5.41, 5.74) is 0.798. The first-order chi connectivity index (χ1) is 8.72. The number of hydrogen-bond donors (Lipinski definition) is 1. The largest absolute Gasteiger partial charge is 0.506 e. The summed E-state index contributed by atoms with van der Waals surface area (Å²) < 4.78 is 1.89. The van der Waals surface area contributed by atoms with Crippen LogP contribution >= 0.6 is 0 Å². The Kier molecular flexibility index (Phi) is 2.91. The van der Waals surface area contributed by atoms with E-state index in [4.69, 9.17) is 0 Å². The zero-order valence-electron chi connectivity index (χ0n) is 10.6. The van der Waals surface area contributed by atoms with Crippen LogP contribution in [0.4, 0.5) is 0 Å². The molecule has 1 fully saturated rings. The molecule has 1 saturated heterocycles. The fourth-order valence-corrected chi connectivity index (χ4v) is 2.76. The molecule has 0 amide bonds. The number of fused-ring (bicyclic) bond motifs is 1. The lowest BCUT2D eigenvalue weighted by Gasteiger charge is -2.29. The number of rotatable bonds is 2. The van der Waals surface area contributed by atoms with Gasteiger partial charge < -0.3 is 10.0 Å². The second kappa shape index (κ2) is 4.57. The summed E-state index contributed by atoms with van der Waals surface area (Å²) in [7, 11) is 2.17. The van der Waals surface area contributed by atoms with Crippen LogP contribution in [-0.4, -0.2) is 44.7 Å². The van der Waals surface area contributed by atoms with Crippen LogP contribution in [0.5, 0.6) is 5.75 Å². The van der Waals surface area contributed by atoms with Gasteiger partial charge in [0, 0.05) is 13.0 Å². The molecule has 1 unspecified atom stereocenters. The molecule has 3 heterocycles. The third-order valence-electron chi connectivity index (χ3n) is 3.65. The number of pyridine rings is 1. The SMILES string of the molecule is CN1CCCC(Cc2nnc3ccc(O)cn23)C1. The fourth-order valence-electron chi connectivity index (χ4n) is 2.76. The lowest BCUT2D eigenvalue weighted by atomic mass is 9.95. The highest BCUT2D eigenvalue weighted by molar-refractivity contribution is 5.41. The smallest absolute Gasteiger partial charge is 0.161 e. The molecule has 5 heteroatoms. The molecule has 0 radical (unpaired) electrons. The summed E-state index contributed by atoms with van der Waals surface area (Å²) in [4.78, 5) is 2.37. The molecular formula is C13H18N4O. The standard InChI is InChI=1S/C13H18N4O/c1-16-6-2-3-10(8-16)7-13-15-14-12-5-4-11(18)9-17(12)13/h4-5,9-10,18H,2-3,6-8H2,1H3. The molecule has 1 N–H and O–H groups in total. The first-order valence-electron chi connectivity index (χ1n) is 6.43. The Bertz CT molecular complexity index is 551. The number of likely N-dealkylation sites (tertiary alicyclic amines) is 1. The first-order valence-corrected chi connectivity index (χ1v) is 6.43. The van der Waals surface area contributed by atoms with Crippen LogP contribution < -0.4 is 0 Å². The zero-order chi connectivity index (χ0) is 12.5. The maximum atomic E-state index is 9.54. The van der Waals surface area contributed by atoms with Gasteiger partial charge in [0.15, 0.2) is 5.65 Å². The number of aromatic nitrogens is 3. The second-order valence-corrected chi connectivity index (χ2v) is 5.21. The van der Waals surface area contributed by atoms with Gasteiger partial charge in [0.25, 0.3) is 0 Å². The Morgan fingerprint density at radius 3 is 3.11 bits per heavy atom. The molecule has 0 spiro atoms. The lowest BCUT2D eigenvalue weighted by Crippen LogP contribution is -2.33. The van der Waals surface area contributed by atoms with Crippen molar-refractivity contribution in [3.8, 4) is 5.75 Å². The van der Waals surface area contributed by atoms with Crippen molar-refractivity contribution >= 4 is 5.65 Å². The Labute approximate surface area is 106 Å².